The van der Waals surface area contributed by atoms with Crippen LogP contribution in [-0.4, -0.2) is 18.5 Å². The van der Waals surface area contributed by atoms with Crippen LogP contribution in [0.3, 0.4) is 0 Å². The molecule has 0 unspecified atom stereocenters. The fourth-order valence-electron chi connectivity index (χ4n) is 1.63. The maximum absolute atomic E-state index is 12.9. The first-order valence-corrected chi connectivity index (χ1v) is 7.30. The molecule has 2 aromatic rings. The number of amides is 1. The molecule has 0 atom stereocenters. The van der Waals surface area contributed by atoms with Gasteiger partial charge in [-0.25, -0.2) is 9.18 Å². The van der Waals surface area contributed by atoms with Crippen LogP contribution < -0.4 is 5.32 Å². The number of carbonyl (C=O) groups is 2. The number of hydrogen-bond donors (Lipinski definition) is 1. The summed E-state index contributed by atoms with van der Waals surface area (Å²) < 4.78 is 18.5. The van der Waals surface area contributed by atoms with Crippen LogP contribution in [0.1, 0.15) is 10.4 Å². The Morgan fingerprint density at radius 3 is 2.68 bits per heavy atom. The highest BCUT2D eigenvalue weighted by molar-refractivity contribution is 9.10. The van der Waals surface area contributed by atoms with Crippen molar-refractivity contribution in [2.24, 2.45) is 0 Å². The van der Waals surface area contributed by atoms with Crippen LogP contribution in [0.5, 0.6) is 0 Å². The molecule has 7 heteroatoms. The average molecular weight is 387 g/mol. The monoisotopic (exact) mass is 385 g/mol. The number of nitrogens with one attached hydrogen (secondary N) is 1. The molecule has 0 aromatic heterocycles. The van der Waals surface area contributed by atoms with E-state index in [9.17, 15) is 14.0 Å². The number of ether oxygens (including phenoxy) is 1. The van der Waals surface area contributed by atoms with Crippen LogP contribution in [0.2, 0.25) is 5.02 Å². The number of benzene rings is 2. The lowest BCUT2D eigenvalue weighted by Gasteiger charge is -2.08. The van der Waals surface area contributed by atoms with E-state index in [0.717, 1.165) is 16.6 Å². The molecule has 0 fully saturated rings. The Morgan fingerprint density at radius 1 is 1.23 bits per heavy atom. The highest BCUT2D eigenvalue weighted by Gasteiger charge is 2.14. The lowest BCUT2D eigenvalue weighted by Crippen LogP contribution is -2.21. The zero-order valence-electron chi connectivity index (χ0n) is 11.1. The summed E-state index contributed by atoms with van der Waals surface area (Å²) in [5, 5.41) is 2.50. The molecule has 0 saturated heterocycles. The van der Waals surface area contributed by atoms with Crippen molar-refractivity contribution in [2.45, 2.75) is 0 Å². The summed E-state index contributed by atoms with van der Waals surface area (Å²) in [6.07, 6.45) is 0. The lowest BCUT2D eigenvalue weighted by molar-refractivity contribution is -0.119. The molecule has 0 heterocycles. The van der Waals surface area contributed by atoms with Gasteiger partial charge in [0.15, 0.2) is 6.61 Å². The van der Waals surface area contributed by atoms with Gasteiger partial charge in [-0.15, -0.1) is 0 Å². The van der Waals surface area contributed by atoms with E-state index >= 15 is 0 Å². The number of carbonyl (C=O) groups excluding carboxylic acids is 2. The molecule has 114 valence electrons. The van der Waals surface area contributed by atoms with Gasteiger partial charge in [-0.05, 0) is 36.4 Å². The number of rotatable bonds is 4. The van der Waals surface area contributed by atoms with Gasteiger partial charge in [0.25, 0.3) is 5.91 Å². The second-order valence-corrected chi connectivity index (χ2v) is 5.58. The molecule has 0 radical (unpaired) electrons. The van der Waals surface area contributed by atoms with E-state index in [0.29, 0.717) is 5.69 Å². The number of esters is 1. The van der Waals surface area contributed by atoms with Crippen LogP contribution in [0.4, 0.5) is 10.1 Å². The van der Waals surface area contributed by atoms with E-state index in [1.54, 1.807) is 18.2 Å². The van der Waals surface area contributed by atoms with Crippen LogP contribution in [0.25, 0.3) is 0 Å². The van der Waals surface area contributed by atoms with Gasteiger partial charge in [0.1, 0.15) is 5.82 Å². The fraction of sp³-hybridized carbons (Fsp3) is 0.0667. The number of halogens is 3. The molecule has 0 aliphatic rings. The van der Waals surface area contributed by atoms with Gasteiger partial charge in [-0.3, -0.25) is 4.79 Å². The molecular formula is C15H10BrClFNO3. The van der Waals surface area contributed by atoms with Gasteiger partial charge in [0, 0.05) is 10.2 Å². The number of hydrogen-bond acceptors (Lipinski definition) is 3. The summed E-state index contributed by atoms with van der Waals surface area (Å²) in [5.74, 6) is -1.85. The topological polar surface area (TPSA) is 55.4 Å². The molecule has 0 saturated carbocycles. The van der Waals surface area contributed by atoms with E-state index in [1.807, 2.05) is 6.07 Å². The molecule has 0 spiro atoms. The zero-order chi connectivity index (χ0) is 16.1. The summed E-state index contributed by atoms with van der Waals surface area (Å²) in [6, 6.07) is 10.3. The summed E-state index contributed by atoms with van der Waals surface area (Å²) >= 11 is 9.02. The molecule has 0 aliphatic heterocycles. The third-order valence-corrected chi connectivity index (χ3v) is 3.40. The van der Waals surface area contributed by atoms with Gasteiger partial charge in [-0.1, -0.05) is 33.6 Å². The van der Waals surface area contributed by atoms with Crippen LogP contribution in [0.15, 0.2) is 46.9 Å². The molecule has 22 heavy (non-hydrogen) atoms. The third kappa shape index (κ3) is 4.54. The van der Waals surface area contributed by atoms with E-state index < -0.39 is 24.3 Å². The maximum atomic E-state index is 12.9. The number of anilines is 1. The van der Waals surface area contributed by atoms with Crippen LogP contribution in [0, 0.1) is 5.82 Å². The highest BCUT2D eigenvalue weighted by Crippen LogP contribution is 2.18. The molecule has 0 aliphatic carbocycles. The van der Waals surface area contributed by atoms with Crippen LogP contribution in [-0.2, 0) is 9.53 Å². The lowest BCUT2D eigenvalue weighted by atomic mass is 10.2. The smallest absolute Gasteiger partial charge is 0.340 e. The Balaban J connectivity index is 1.92. The Labute approximate surface area is 139 Å². The standard InChI is InChI=1S/C15H10BrClFNO3/c16-9-2-1-3-11(6-9)19-14(20)8-22-15(21)12-5-4-10(18)7-13(12)17/h1-7H,8H2,(H,19,20). The maximum Gasteiger partial charge on any atom is 0.340 e. The minimum atomic E-state index is -0.797. The first kappa shape index (κ1) is 16.5. The summed E-state index contributed by atoms with van der Waals surface area (Å²) in [5.41, 5.74) is 0.563. The average Bonchev–Trinajstić information content (AvgIpc) is 2.45. The van der Waals surface area contributed by atoms with Crippen molar-refractivity contribution in [3.8, 4) is 0 Å². The van der Waals surface area contributed by atoms with Crippen molar-refractivity contribution >= 4 is 45.1 Å². The predicted octanol–water partition coefficient (Wildman–Crippen LogP) is 4.04. The van der Waals surface area contributed by atoms with Gasteiger partial charge in [0.05, 0.1) is 10.6 Å². The van der Waals surface area contributed by atoms with Crippen molar-refractivity contribution in [1.82, 2.24) is 0 Å². The zero-order valence-corrected chi connectivity index (χ0v) is 13.4. The van der Waals surface area contributed by atoms with E-state index in [4.69, 9.17) is 16.3 Å². The predicted molar refractivity (Wildman–Crippen MR) is 84.5 cm³/mol. The summed E-state index contributed by atoms with van der Waals surface area (Å²) in [6.45, 7) is -0.473. The molecule has 2 rings (SSSR count). The van der Waals surface area contributed by atoms with Gasteiger partial charge in [0.2, 0.25) is 0 Å². The third-order valence-electron chi connectivity index (χ3n) is 2.59. The minimum absolute atomic E-state index is 0.00155. The van der Waals surface area contributed by atoms with Crippen molar-refractivity contribution < 1.29 is 18.7 Å². The first-order chi connectivity index (χ1) is 10.5. The Kier molecular flexibility index (Phi) is 5.51. The van der Waals surface area contributed by atoms with E-state index in [2.05, 4.69) is 21.2 Å². The second-order valence-electron chi connectivity index (χ2n) is 4.26. The van der Waals surface area contributed by atoms with Gasteiger partial charge < -0.3 is 10.1 Å². The molecule has 1 amide bonds. The van der Waals surface area contributed by atoms with Crippen LogP contribution >= 0.6 is 27.5 Å². The second kappa shape index (κ2) is 7.38. The summed E-state index contributed by atoms with van der Waals surface area (Å²) in [4.78, 5) is 23.5. The molecule has 4 nitrogen and oxygen atoms in total. The molecule has 2 aromatic carbocycles. The fourth-order valence-corrected chi connectivity index (χ4v) is 2.27. The van der Waals surface area contributed by atoms with Crippen molar-refractivity contribution in [3.63, 3.8) is 0 Å². The quantitative estimate of drug-likeness (QED) is 0.807. The normalized spacial score (nSPS) is 10.1. The SMILES string of the molecule is O=C(COC(=O)c1ccc(F)cc1Cl)Nc1cccc(Br)c1. The Hall–Kier alpha value is -1.92. The van der Waals surface area contributed by atoms with E-state index in [-0.39, 0.29) is 10.6 Å². The molecular weight excluding hydrogens is 377 g/mol. The molecule has 1 N–H and O–H groups in total. The van der Waals surface area contributed by atoms with Crippen molar-refractivity contribution in [3.05, 3.63) is 63.3 Å². The van der Waals surface area contributed by atoms with Crippen molar-refractivity contribution in [2.75, 3.05) is 11.9 Å². The highest BCUT2D eigenvalue weighted by atomic mass is 79.9. The largest absolute Gasteiger partial charge is 0.452 e. The Bertz CT molecular complexity index is 724. The van der Waals surface area contributed by atoms with Crippen molar-refractivity contribution in [1.29, 1.82) is 0 Å². The first-order valence-electron chi connectivity index (χ1n) is 6.13. The minimum Gasteiger partial charge on any atom is -0.452 e. The summed E-state index contributed by atoms with van der Waals surface area (Å²) in [7, 11) is 0. The van der Waals surface area contributed by atoms with Gasteiger partial charge >= 0.3 is 5.97 Å². The molecule has 0 bridgehead atoms. The van der Waals surface area contributed by atoms with E-state index in [1.165, 1.54) is 6.07 Å². The van der Waals surface area contributed by atoms with Gasteiger partial charge in [-0.2, -0.15) is 0 Å². The Morgan fingerprint density at radius 2 is 2.00 bits per heavy atom.